The summed E-state index contributed by atoms with van der Waals surface area (Å²) in [6, 6.07) is 2.34. The van der Waals surface area contributed by atoms with Crippen molar-refractivity contribution in [3.8, 4) is 6.07 Å². The molecule has 3 nitrogen and oxygen atoms in total. The lowest BCUT2D eigenvalue weighted by atomic mass is 9.87. The number of hydrogen-bond acceptors (Lipinski definition) is 3. The van der Waals surface area contributed by atoms with E-state index in [1.807, 2.05) is 0 Å². The third-order valence-corrected chi connectivity index (χ3v) is 4.32. The zero-order valence-electron chi connectivity index (χ0n) is 10.1. The normalized spacial score (nSPS) is 36.1. The fourth-order valence-corrected chi connectivity index (χ4v) is 3.17. The van der Waals surface area contributed by atoms with Gasteiger partial charge in [0.1, 0.15) is 5.54 Å². The lowest BCUT2D eigenvalue weighted by molar-refractivity contribution is 0.204. The maximum absolute atomic E-state index is 9.14. The third kappa shape index (κ3) is 2.56. The number of nitrogens with zero attached hydrogens (tertiary/aromatic N) is 2. The van der Waals surface area contributed by atoms with Gasteiger partial charge in [0.05, 0.1) is 6.07 Å². The standard InChI is InChI=1S/C13H23N3/c14-11-13(15)7-4-5-12(13)6-10-16-8-2-1-3-9-16/h12H,1-10,15H2. The van der Waals surface area contributed by atoms with Crippen molar-refractivity contribution >= 4 is 0 Å². The Hall–Kier alpha value is -0.590. The lowest BCUT2D eigenvalue weighted by Crippen LogP contribution is -2.43. The van der Waals surface area contributed by atoms with Gasteiger partial charge in [-0.25, -0.2) is 0 Å². The van der Waals surface area contributed by atoms with Crippen LogP contribution in [0.2, 0.25) is 0 Å². The first-order valence-electron chi connectivity index (χ1n) is 6.67. The molecule has 2 rings (SSSR count). The Kier molecular flexibility index (Phi) is 3.83. The molecular weight excluding hydrogens is 198 g/mol. The van der Waals surface area contributed by atoms with Crippen LogP contribution in [0.1, 0.15) is 44.9 Å². The van der Waals surface area contributed by atoms with E-state index in [9.17, 15) is 0 Å². The summed E-state index contributed by atoms with van der Waals surface area (Å²) in [6.45, 7) is 3.64. The second kappa shape index (κ2) is 5.16. The highest BCUT2D eigenvalue weighted by Gasteiger charge is 2.39. The lowest BCUT2D eigenvalue weighted by Gasteiger charge is -2.30. The number of rotatable bonds is 3. The van der Waals surface area contributed by atoms with Crippen molar-refractivity contribution in [2.45, 2.75) is 50.5 Å². The van der Waals surface area contributed by atoms with Crippen molar-refractivity contribution in [1.29, 1.82) is 5.26 Å². The van der Waals surface area contributed by atoms with Gasteiger partial charge in [-0.3, -0.25) is 0 Å². The van der Waals surface area contributed by atoms with Gasteiger partial charge in [-0.15, -0.1) is 0 Å². The Morgan fingerprint density at radius 2 is 2.00 bits per heavy atom. The second-order valence-corrected chi connectivity index (χ2v) is 5.43. The van der Waals surface area contributed by atoms with Crippen molar-refractivity contribution in [3.05, 3.63) is 0 Å². The van der Waals surface area contributed by atoms with Crippen LogP contribution in [0.3, 0.4) is 0 Å². The third-order valence-electron chi connectivity index (χ3n) is 4.32. The molecule has 3 heteroatoms. The number of nitrogens with two attached hydrogens (primary N) is 1. The van der Waals surface area contributed by atoms with Crippen LogP contribution in [0.5, 0.6) is 0 Å². The van der Waals surface area contributed by atoms with Crippen LogP contribution in [-0.4, -0.2) is 30.1 Å². The molecule has 1 aliphatic carbocycles. The van der Waals surface area contributed by atoms with Gasteiger partial charge in [-0.2, -0.15) is 5.26 Å². The average molecular weight is 221 g/mol. The molecule has 0 aromatic heterocycles. The van der Waals surface area contributed by atoms with E-state index >= 15 is 0 Å². The first-order chi connectivity index (χ1) is 7.74. The Morgan fingerprint density at radius 1 is 1.25 bits per heavy atom. The maximum atomic E-state index is 9.14. The number of piperidine rings is 1. The molecule has 0 aromatic rings. The predicted octanol–water partition coefficient (Wildman–Crippen LogP) is 1.88. The smallest absolute Gasteiger partial charge is 0.107 e. The number of likely N-dealkylation sites (tertiary alicyclic amines) is 1. The average Bonchev–Trinajstić information content (AvgIpc) is 2.70. The summed E-state index contributed by atoms with van der Waals surface area (Å²) in [7, 11) is 0. The topological polar surface area (TPSA) is 53.1 Å². The van der Waals surface area contributed by atoms with Crippen LogP contribution in [0.4, 0.5) is 0 Å². The minimum absolute atomic E-state index is 0.430. The molecule has 1 aliphatic heterocycles. The van der Waals surface area contributed by atoms with Crippen LogP contribution in [0, 0.1) is 17.2 Å². The first kappa shape index (κ1) is 11.9. The van der Waals surface area contributed by atoms with E-state index in [1.165, 1.54) is 32.4 Å². The van der Waals surface area contributed by atoms with Gasteiger partial charge in [0, 0.05) is 0 Å². The Balaban J connectivity index is 1.79. The van der Waals surface area contributed by atoms with Crippen LogP contribution >= 0.6 is 0 Å². The van der Waals surface area contributed by atoms with E-state index in [0.717, 1.165) is 32.2 Å². The zero-order chi connectivity index (χ0) is 11.4. The molecule has 2 unspecified atom stereocenters. The molecule has 1 saturated heterocycles. The Morgan fingerprint density at radius 3 is 2.69 bits per heavy atom. The van der Waals surface area contributed by atoms with Gasteiger partial charge in [0.25, 0.3) is 0 Å². The van der Waals surface area contributed by atoms with Crippen molar-refractivity contribution in [2.75, 3.05) is 19.6 Å². The predicted molar refractivity (Wildman–Crippen MR) is 64.8 cm³/mol. The molecule has 2 N–H and O–H groups in total. The molecule has 0 amide bonds. The molecule has 16 heavy (non-hydrogen) atoms. The molecule has 0 radical (unpaired) electrons. The molecule has 0 bridgehead atoms. The minimum atomic E-state index is -0.518. The maximum Gasteiger partial charge on any atom is 0.107 e. The summed E-state index contributed by atoms with van der Waals surface area (Å²) < 4.78 is 0. The first-order valence-corrected chi connectivity index (χ1v) is 6.67. The second-order valence-electron chi connectivity index (χ2n) is 5.43. The molecule has 1 saturated carbocycles. The highest BCUT2D eigenvalue weighted by atomic mass is 15.1. The zero-order valence-corrected chi connectivity index (χ0v) is 10.1. The largest absolute Gasteiger partial charge is 0.313 e. The van der Waals surface area contributed by atoms with Crippen LogP contribution in [-0.2, 0) is 0 Å². The summed E-state index contributed by atoms with van der Waals surface area (Å²) in [5, 5.41) is 9.14. The van der Waals surface area contributed by atoms with E-state index in [2.05, 4.69) is 11.0 Å². The Labute approximate surface area is 98.6 Å². The summed E-state index contributed by atoms with van der Waals surface area (Å²) in [5.74, 6) is 0.430. The van der Waals surface area contributed by atoms with Gasteiger partial charge >= 0.3 is 0 Å². The van der Waals surface area contributed by atoms with E-state index in [1.54, 1.807) is 0 Å². The van der Waals surface area contributed by atoms with Crippen molar-refractivity contribution in [3.63, 3.8) is 0 Å². The van der Waals surface area contributed by atoms with E-state index in [-0.39, 0.29) is 0 Å². The van der Waals surface area contributed by atoms with E-state index < -0.39 is 5.54 Å². The molecule has 2 fully saturated rings. The molecular formula is C13H23N3. The van der Waals surface area contributed by atoms with Gasteiger partial charge < -0.3 is 10.6 Å². The van der Waals surface area contributed by atoms with Gasteiger partial charge in [0.2, 0.25) is 0 Å². The van der Waals surface area contributed by atoms with E-state index in [0.29, 0.717) is 5.92 Å². The van der Waals surface area contributed by atoms with Gasteiger partial charge in [-0.05, 0) is 57.7 Å². The quantitative estimate of drug-likeness (QED) is 0.791. The number of nitriles is 1. The van der Waals surface area contributed by atoms with Crippen LogP contribution in [0.15, 0.2) is 0 Å². The molecule has 1 heterocycles. The molecule has 2 aliphatic rings. The SMILES string of the molecule is N#CC1(N)CCCC1CCN1CCCCC1. The molecule has 2 atom stereocenters. The minimum Gasteiger partial charge on any atom is -0.313 e. The fourth-order valence-electron chi connectivity index (χ4n) is 3.17. The highest BCUT2D eigenvalue weighted by Crippen LogP contribution is 2.35. The summed E-state index contributed by atoms with van der Waals surface area (Å²) in [4.78, 5) is 2.54. The van der Waals surface area contributed by atoms with Crippen molar-refractivity contribution < 1.29 is 0 Å². The van der Waals surface area contributed by atoms with Gasteiger partial charge in [-0.1, -0.05) is 12.8 Å². The van der Waals surface area contributed by atoms with Crippen molar-refractivity contribution in [2.24, 2.45) is 11.7 Å². The van der Waals surface area contributed by atoms with E-state index in [4.69, 9.17) is 11.0 Å². The van der Waals surface area contributed by atoms with Crippen molar-refractivity contribution in [1.82, 2.24) is 4.90 Å². The Bertz CT molecular complexity index is 265. The molecule has 0 spiro atoms. The van der Waals surface area contributed by atoms with Gasteiger partial charge in [0.15, 0.2) is 0 Å². The summed E-state index contributed by atoms with van der Waals surface area (Å²) >= 11 is 0. The fraction of sp³-hybridized carbons (Fsp3) is 0.923. The monoisotopic (exact) mass is 221 g/mol. The highest BCUT2D eigenvalue weighted by molar-refractivity contribution is 5.11. The molecule has 90 valence electrons. The summed E-state index contributed by atoms with van der Waals surface area (Å²) in [6.07, 6.45) is 8.37. The number of hydrogen-bond donors (Lipinski definition) is 1. The van der Waals surface area contributed by atoms with Crippen LogP contribution < -0.4 is 5.73 Å². The molecule has 0 aromatic carbocycles. The summed E-state index contributed by atoms with van der Waals surface area (Å²) in [5.41, 5.74) is 5.62. The van der Waals surface area contributed by atoms with Crippen LogP contribution in [0.25, 0.3) is 0 Å².